The molecule has 0 spiro atoms. The average Bonchev–Trinajstić information content (AvgIpc) is 2.63. The number of aromatic nitrogens is 3. The topological polar surface area (TPSA) is 50.7 Å². The van der Waals surface area contributed by atoms with E-state index in [2.05, 4.69) is 36.4 Å². The van der Waals surface area contributed by atoms with Gasteiger partial charge in [-0.3, -0.25) is 4.98 Å². The third kappa shape index (κ3) is 2.49. The van der Waals surface area contributed by atoms with E-state index in [1.165, 1.54) is 11.3 Å². The van der Waals surface area contributed by atoms with Gasteiger partial charge in [-0.15, -0.1) is 10.2 Å². The molecular weight excluding hydrogens is 264 g/mol. The molecule has 0 aliphatic rings. The van der Waals surface area contributed by atoms with Crippen molar-refractivity contribution in [2.75, 3.05) is 5.32 Å². The van der Waals surface area contributed by atoms with E-state index < -0.39 is 0 Å². The van der Waals surface area contributed by atoms with Gasteiger partial charge in [0.15, 0.2) is 3.92 Å². The molecule has 0 aromatic carbocycles. The van der Waals surface area contributed by atoms with Gasteiger partial charge in [0.1, 0.15) is 0 Å². The van der Waals surface area contributed by atoms with Gasteiger partial charge < -0.3 is 5.32 Å². The molecule has 72 valence electrons. The van der Waals surface area contributed by atoms with Gasteiger partial charge in [0, 0.05) is 6.20 Å². The molecule has 0 bridgehead atoms. The molecule has 0 amide bonds. The summed E-state index contributed by atoms with van der Waals surface area (Å²) in [6.45, 7) is 0.669. The van der Waals surface area contributed by atoms with Crippen LogP contribution in [0.4, 0.5) is 5.13 Å². The van der Waals surface area contributed by atoms with Crippen molar-refractivity contribution in [3.05, 3.63) is 34.0 Å². The summed E-state index contributed by atoms with van der Waals surface area (Å²) >= 11 is 4.71. The summed E-state index contributed by atoms with van der Waals surface area (Å²) in [6, 6.07) is 5.81. The van der Waals surface area contributed by atoms with Crippen LogP contribution in [0.2, 0.25) is 0 Å². The summed E-state index contributed by atoms with van der Waals surface area (Å²) < 4.78 is 0.779. The van der Waals surface area contributed by atoms with Crippen molar-refractivity contribution in [2.24, 2.45) is 0 Å². The minimum Gasteiger partial charge on any atom is -0.354 e. The summed E-state index contributed by atoms with van der Waals surface area (Å²) in [5.41, 5.74) is 0.985. The third-order valence-electron chi connectivity index (χ3n) is 1.55. The first-order valence-electron chi connectivity index (χ1n) is 3.97. The molecule has 0 fully saturated rings. The van der Waals surface area contributed by atoms with E-state index in [-0.39, 0.29) is 0 Å². The molecule has 0 saturated carbocycles. The molecule has 0 atom stereocenters. The first-order chi connectivity index (χ1) is 6.84. The minimum atomic E-state index is 0.669. The van der Waals surface area contributed by atoms with E-state index in [4.69, 9.17) is 0 Å². The SMILES string of the molecule is Brc1nnc(NCc2ccccn2)s1. The van der Waals surface area contributed by atoms with Crippen LogP contribution in [-0.2, 0) is 6.54 Å². The second-order valence-corrected chi connectivity index (χ2v) is 4.79. The normalized spacial score (nSPS) is 10.1. The highest BCUT2D eigenvalue weighted by atomic mass is 79.9. The molecule has 4 nitrogen and oxygen atoms in total. The van der Waals surface area contributed by atoms with Crippen LogP contribution in [-0.4, -0.2) is 15.2 Å². The van der Waals surface area contributed by atoms with Crippen molar-refractivity contribution in [3.63, 3.8) is 0 Å². The number of halogens is 1. The fourth-order valence-electron chi connectivity index (χ4n) is 0.946. The zero-order chi connectivity index (χ0) is 9.80. The van der Waals surface area contributed by atoms with Crippen LogP contribution in [0, 0.1) is 0 Å². The summed E-state index contributed by atoms with van der Waals surface area (Å²) in [7, 11) is 0. The molecule has 0 saturated heterocycles. The number of pyridine rings is 1. The summed E-state index contributed by atoms with van der Waals surface area (Å²) in [5.74, 6) is 0. The molecule has 6 heteroatoms. The molecule has 0 unspecified atom stereocenters. The monoisotopic (exact) mass is 270 g/mol. The predicted octanol–water partition coefficient (Wildman–Crippen LogP) is 2.31. The second kappa shape index (κ2) is 4.47. The molecule has 14 heavy (non-hydrogen) atoms. The Kier molecular flexibility index (Phi) is 3.05. The van der Waals surface area contributed by atoms with Gasteiger partial charge in [-0.05, 0) is 28.1 Å². The molecule has 2 rings (SSSR count). The number of nitrogens with one attached hydrogen (secondary N) is 1. The Hall–Kier alpha value is -1.01. The zero-order valence-electron chi connectivity index (χ0n) is 7.14. The van der Waals surface area contributed by atoms with Crippen molar-refractivity contribution >= 4 is 32.4 Å². The Labute approximate surface area is 93.5 Å². The maximum Gasteiger partial charge on any atom is 0.206 e. The Morgan fingerprint density at radius 3 is 2.93 bits per heavy atom. The van der Waals surface area contributed by atoms with Crippen molar-refractivity contribution in [1.29, 1.82) is 0 Å². The van der Waals surface area contributed by atoms with Gasteiger partial charge in [-0.1, -0.05) is 17.4 Å². The van der Waals surface area contributed by atoms with E-state index >= 15 is 0 Å². The smallest absolute Gasteiger partial charge is 0.206 e. The molecule has 1 N–H and O–H groups in total. The summed E-state index contributed by atoms with van der Waals surface area (Å²) in [6.07, 6.45) is 1.77. The fraction of sp³-hybridized carbons (Fsp3) is 0.125. The molecular formula is C8H7BrN4S. The van der Waals surface area contributed by atoms with E-state index in [0.29, 0.717) is 6.54 Å². The van der Waals surface area contributed by atoms with Crippen LogP contribution >= 0.6 is 27.3 Å². The highest BCUT2D eigenvalue weighted by Crippen LogP contribution is 2.20. The summed E-state index contributed by atoms with van der Waals surface area (Å²) in [4.78, 5) is 4.18. The van der Waals surface area contributed by atoms with Gasteiger partial charge in [0.2, 0.25) is 5.13 Å². The quantitative estimate of drug-likeness (QED) is 0.930. The van der Waals surface area contributed by atoms with Gasteiger partial charge in [0.25, 0.3) is 0 Å². The molecule has 0 aliphatic carbocycles. The lowest BCUT2D eigenvalue weighted by molar-refractivity contribution is 1.01. The lowest BCUT2D eigenvalue weighted by Gasteiger charge is -1.99. The molecule has 2 aromatic rings. The Morgan fingerprint density at radius 2 is 2.29 bits per heavy atom. The first kappa shape index (κ1) is 9.54. The molecule has 2 heterocycles. The number of hydrogen-bond acceptors (Lipinski definition) is 5. The van der Waals surface area contributed by atoms with Gasteiger partial charge >= 0.3 is 0 Å². The Bertz CT molecular complexity index is 403. The molecule has 2 aromatic heterocycles. The first-order valence-corrected chi connectivity index (χ1v) is 5.58. The number of rotatable bonds is 3. The van der Waals surface area contributed by atoms with Crippen molar-refractivity contribution in [1.82, 2.24) is 15.2 Å². The lowest BCUT2D eigenvalue weighted by Crippen LogP contribution is -2.00. The summed E-state index contributed by atoms with van der Waals surface area (Å²) in [5, 5.41) is 11.7. The number of nitrogens with zero attached hydrogens (tertiary/aromatic N) is 3. The third-order valence-corrected chi connectivity index (χ3v) is 2.86. The minimum absolute atomic E-state index is 0.669. The van der Waals surface area contributed by atoms with Crippen LogP contribution < -0.4 is 5.32 Å². The Morgan fingerprint density at radius 1 is 1.36 bits per heavy atom. The molecule has 0 radical (unpaired) electrons. The number of hydrogen-bond donors (Lipinski definition) is 1. The van der Waals surface area contributed by atoms with Crippen molar-refractivity contribution in [3.8, 4) is 0 Å². The van der Waals surface area contributed by atoms with Crippen LogP contribution in [0.25, 0.3) is 0 Å². The van der Waals surface area contributed by atoms with Crippen LogP contribution in [0.1, 0.15) is 5.69 Å². The van der Waals surface area contributed by atoms with E-state index in [1.807, 2.05) is 18.2 Å². The lowest BCUT2D eigenvalue weighted by atomic mass is 10.3. The van der Waals surface area contributed by atoms with Crippen LogP contribution in [0.3, 0.4) is 0 Å². The van der Waals surface area contributed by atoms with Gasteiger partial charge in [-0.25, -0.2) is 0 Å². The van der Waals surface area contributed by atoms with E-state index in [0.717, 1.165) is 14.7 Å². The second-order valence-electron chi connectivity index (χ2n) is 2.53. The fourth-order valence-corrected chi connectivity index (χ4v) is 1.95. The highest BCUT2D eigenvalue weighted by molar-refractivity contribution is 9.11. The standard InChI is InChI=1S/C8H7BrN4S/c9-7-12-13-8(14-7)11-5-6-3-1-2-4-10-6/h1-4H,5H2,(H,11,13). The Balaban J connectivity index is 1.95. The van der Waals surface area contributed by atoms with Crippen LogP contribution in [0.15, 0.2) is 28.3 Å². The van der Waals surface area contributed by atoms with Gasteiger partial charge in [0.05, 0.1) is 12.2 Å². The molecule has 0 aliphatic heterocycles. The predicted molar refractivity (Wildman–Crippen MR) is 59.2 cm³/mol. The average molecular weight is 271 g/mol. The van der Waals surface area contributed by atoms with Gasteiger partial charge in [-0.2, -0.15) is 0 Å². The van der Waals surface area contributed by atoms with E-state index in [1.54, 1.807) is 6.20 Å². The van der Waals surface area contributed by atoms with E-state index in [9.17, 15) is 0 Å². The largest absolute Gasteiger partial charge is 0.354 e. The maximum absolute atomic E-state index is 4.18. The maximum atomic E-state index is 4.18. The highest BCUT2D eigenvalue weighted by Gasteiger charge is 2.00. The zero-order valence-corrected chi connectivity index (χ0v) is 9.55. The van der Waals surface area contributed by atoms with Crippen LogP contribution in [0.5, 0.6) is 0 Å². The number of anilines is 1. The van der Waals surface area contributed by atoms with Crippen molar-refractivity contribution in [2.45, 2.75) is 6.54 Å². The van der Waals surface area contributed by atoms with Crippen molar-refractivity contribution < 1.29 is 0 Å².